The molecule has 1 heterocycles. The second kappa shape index (κ2) is 14.2. The van der Waals surface area contributed by atoms with Gasteiger partial charge in [0.05, 0.1) is 30.9 Å². The van der Waals surface area contributed by atoms with Crippen LogP contribution >= 0.6 is 0 Å². The molecule has 0 spiro atoms. The zero-order chi connectivity index (χ0) is 32.7. The Morgan fingerprint density at radius 1 is 0.689 bits per heavy atom. The van der Waals surface area contributed by atoms with Gasteiger partial charge in [-0.25, -0.2) is 9.59 Å². The van der Waals surface area contributed by atoms with Gasteiger partial charge < -0.3 is 29.6 Å². The van der Waals surface area contributed by atoms with Crippen LogP contribution in [0, 0.1) is 5.92 Å². The minimum atomic E-state index is -1.34. The maximum atomic E-state index is 13.4. The standard InChI is InChI=1S/C32H31N3O10/c1-18(2)28(32(41)45-17-27(37)34-21-8-12-23(43-4)13-9-21)35-29(38)24-14-5-19(15-25(24)30(35)39)31(40)44-16-26(36)33-20-6-10-22(42-3)11-7-20/h5-15,18,28H,16-17H2,1-4H3,(H,33,36)(H,34,37)/t28-/m1/s1. The zero-order valence-electron chi connectivity index (χ0n) is 24.9. The molecular formula is C32H31N3O10. The van der Waals surface area contributed by atoms with Crippen molar-refractivity contribution in [2.45, 2.75) is 19.9 Å². The predicted octanol–water partition coefficient (Wildman–Crippen LogP) is 3.30. The Morgan fingerprint density at radius 2 is 1.18 bits per heavy atom. The summed E-state index contributed by atoms with van der Waals surface area (Å²) in [7, 11) is 3.02. The highest BCUT2D eigenvalue weighted by atomic mass is 16.5. The van der Waals surface area contributed by atoms with E-state index in [1.54, 1.807) is 62.4 Å². The molecule has 4 rings (SSSR count). The van der Waals surface area contributed by atoms with Crippen molar-refractivity contribution in [3.05, 3.63) is 83.4 Å². The summed E-state index contributed by atoms with van der Waals surface area (Å²) in [5.41, 5.74) is 0.699. The summed E-state index contributed by atoms with van der Waals surface area (Å²) in [6.07, 6.45) is 0. The molecule has 0 saturated heterocycles. The monoisotopic (exact) mass is 617 g/mol. The van der Waals surface area contributed by atoms with E-state index in [9.17, 15) is 28.8 Å². The van der Waals surface area contributed by atoms with Gasteiger partial charge in [0.15, 0.2) is 13.2 Å². The number of nitrogens with zero attached hydrogens (tertiary/aromatic N) is 1. The maximum Gasteiger partial charge on any atom is 0.338 e. The normalized spacial score (nSPS) is 12.7. The van der Waals surface area contributed by atoms with Crippen LogP contribution in [0.25, 0.3) is 0 Å². The number of methoxy groups -OCH3 is 2. The molecule has 45 heavy (non-hydrogen) atoms. The van der Waals surface area contributed by atoms with Crippen LogP contribution in [0.15, 0.2) is 66.7 Å². The minimum Gasteiger partial charge on any atom is -0.497 e. The van der Waals surface area contributed by atoms with E-state index in [1.165, 1.54) is 32.4 Å². The third kappa shape index (κ3) is 7.63. The molecule has 0 saturated carbocycles. The van der Waals surface area contributed by atoms with Crippen LogP contribution in [-0.2, 0) is 23.9 Å². The number of imide groups is 1. The van der Waals surface area contributed by atoms with Gasteiger partial charge in [0.2, 0.25) is 0 Å². The van der Waals surface area contributed by atoms with E-state index in [-0.39, 0.29) is 16.7 Å². The molecule has 0 bridgehead atoms. The number of carbonyl (C=O) groups excluding carboxylic acids is 6. The lowest BCUT2D eigenvalue weighted by Gasteiger charge is -2.27. The smallest absolute Gasteiger partial charge is 0.338 e. The van der Waals surface area contributed by atoms with Gasteiger partial charge in [-0.2, -0.15) is 0 Å². The summed E-state index contributed by atoms with van der Waals surface area (Å²) in [4.78, 5) is 77.7. The van der Waals surface area contributed by atoms with E-state index in [0.29, 0.717) is 22.9 Å². The zero-order valence-corrected chi connectivity index (χ0v) is 24.9. The molecule has 0 unspecified atom stereocenters. The molecule has 3 aromatic carbocycles. The lowest BCUT2D eigenvalue weighted by Crippen LogP contribution is -2.49. The van der Waals surface area contributed by atoms with Crippen LogP contribution in [0.5, 0.6) is 11.5 Å². The maximum absolute atomic E-state index is 13.4. The minimum absolute atomic E-state index is 0.0236. The van der Waals surface area contributed by atoms with Crippen molar-refractivity contribution in [2.24, 2.45) is 5.92 Å². The van der Waals surface area contributed by atoms with Crippen molar-refractivity contribution < 1.29 is 47.7 Å². The molecule has 2 N–H and O–H groups in total. The molecule has 1 aliphatic rings. The second-order valence-electron chi connectivity index (χ2n) is 10.2. The molecule has 0 aliphatic carbocycles. The average Bonchev–Trinajstić information content (AvgIpc) is 3.28. The Hall–Kier alpha value is -5.72. The van der Waals surface area contributed by atoms with Crippen molar-refractivity contribution in [2.75, 3.05) is 38.1 Å². The molecular weight excluding hydrogens is 586 g/mol. The molecule has 1 atom stereocenters. The first kappa shape index (κ1) is 32.2. The number of rotatable bonds is 12. The molecule has 3 aromatic rings. The highest BCUT2D eigenvalue weighted by molar-refractivity contribution is 6.23. The number of carbonyl (C=O) groups is 6. The van der Waals surface area contributed by atoms with Crippen molar-refractivity contribution in [3.63, 3.8) is 0 Å². The van der Waals surface area contributed by atoms with Crippen molar-refractivity contribution in [1.29, 1.82) is 0 Å². The Balaban J connectivity index is 1.37. The van der Waals surface area contributed by atoms with Gasteiger partial charge in [0.1, 0.15) is 17.5 Å². The molecule has 0 fully saturated rings. The van der Waals surface area contributed by atoms with E-state index in [1.807, 2.05) is 0 Å². The van der Waals surface area contributed by atoms with Gasteiger partial charge >= 0.3 is 11.9 Å². The molecule has 13 nitrogen and oxygen atoms in total. The first-order valence-corrected chi connectivity index (χ1v) is 13.8. The fourth-order valence-electron chi connectivity index (χ4n) is 4.49. The summed E-state index contributed by atoms with van der Waals surface area (Å²) < 4.78 is 20.4. The van der Waals surface area contributed by atoms with E-state index in [2.05, 4.69) is 10.6 Å². The fraction of sp³-hybridized carbons (Fsp3) is 0.250. The van der Waals surface area contributed by atoms with E-state index < -0.39 is 60.7 Å². The number of nitrogens with one attached hydrogen (secondary N) is 2. The van der Waals surface area contributed by atoms with E-state index >= 15 is 0 Å². The van der Waals surface area contributed by atoms with Crippen molar-refractivity contribution in [1.82, 2.24) is 4.90 Å². The third-order valence-corrected chi connectivity index (χ3v) is 6.73. The van der Waals surface area contributed by atoms with Crippen LogP contribution in [0.4, 0.5) is 11.4 Å². The topological polar surface area (TPSA) is 167 Å². The average molecular weight is 618 g/mol. The first-order chi connectivity index (χ1) is 21.5. The number of hydrogen-bond acceptors (Lipinski definition) is 10. The molecule has 0 aromatic heterocycles. The highest BCUT2D eigenvalue weighted by Crippen LogP contribution is 2.29. The number of esters is 2. The van der Waals surface area contributed by atoms with Crippen LogP contribution in [-0.4, -0.2) is 73.9 Å². The number of hydrogen-bond donors (Lipinski definition) is 2. The van der Waals surface area contributed by atoms with Crippen molar-refractivity contribution in [3.8, 4) is 11.5 Å². The van der Waals surface area contributed by atoms with E-state index in [4.69, 9.17) is 18.9 Å². The van der Waals surface area contributed by atoms with Gasteiger partial charge in [0.25, 0.3) is 23.6 Å². The highest BCUT2D eigenvalue weighted by Gasteiger charge is 2.45. The first-order valence-electron chi connectivity index (χ1n) is 13.8. The number of amides is 4. The van der Waals surface area contributed by atoms with Gasteiger partial charge in [-0.1, -0.05) is 13.8 Å². The van der Waals surface area contributed by atoms with Crippen LogP contribution in [0.2, 0.25) is 0 Å². The summed E-state index contributed by atoms with van der Waals surface area (Å²) in [6.45, 7) is 1.98. The van der Waals surface area contributed by atoms with Crippen LogP contribution < -0.4 is 20.1 Å². The molecule has 0 radical (unpaired) electrons. The fourth-order valence-corrected chi connectivity index (χ4v) is 4.49. The van der Waals surface area contributed by atoms with Crippen LogP contribution in [0.3, 0.4) is 0 Å². The lowest BCUT2D eigenvalue weighted by atomic mass is 10.0. The molecule has 234 valence electrons. The van der Waals surface area contributed by atoms with E-state index in [0.717, 1.165) is 4.90 Å². The summed E-state index contributed by atoms with van der Waals surface area (Å²) >= 11 is 0. The van der Waals surface area contributed by atoms with Gasteiger partial charge in [-0.05, 0) is 72.6 Å². The van der Waals surface area contributed by atoms with Gasteiger partial charge in [-0.15, -0.1) is 0 Å². The lowest BCUT2D eigenvalue weighted by molar-refractivity contribution is -0.152. The predicted molar refractivity (Wildman–Crippen MR) is 160 cm³/mol. The second-order valence-corrected chi connectivity index (χ2v) is 10.2. The van der Waals surface area contributed by atoms with Crippen molar-refractivity contribution >= 4 is 46.9 Å². The Bertz CT molecular complexity index is 1620. The molecule has 4 amide bonds. The number of anilines is 2. The Kier molecular flexibility index (Phi) is 10.1. The van der Waals surface area contributed by atoms with Crippen LogP contribution in [0.1, 0.15) is 44.9 Å². The largest absolute Gasteiger partial charge is 0.497 e. The third-order valence-electron chi connectivity index (χ3n) is 6.73. The molecule has 13 heteroatoms. The molecule has 1 aliphatic heterocycles. The SMILES string of the molecule is COc1ccc(NC(=O)COC(=O)c2ccc3c(c2)C(=O)N([C@@H](C(=O)OCC(=O)Nc2ccc(OC)cc2)C(C)C)C3=O)cc1. The summed E-state index contributed by atoms with van der Waals surface area (Å²) in [6, 6.07) is 15.4. The van der Waals surface area contributed by atoms with Gasteiger partial charge in [-0.3, -0.25) is 24.1 Å². The number of ether oxygens (including phenoxy) is 4. The quantitative estimate of drug-likeness (QED) is 0.227. The number of fused-ring (bicyclic) bond motifs is 1. The summed E-state index contributed by atoms with van der Waals surface area (Å²) in [5, 5.41) is 5.15. The summed E-state index contributed by atoms with van der Waals surface area (Å²) in [5.74, 6) is -4.02. The Morgan fingerprint density at radius 3 is 1.67 bits per heavy atom. The number of benzene rings is 3. The Labute approximate surface area is 258 Å². The van der Waals surface area contributed by atoms with Gasteiger partial charge in [0, 0.05) is 11.4 Å².